The quantitative estimate of drug-likeness (QED) is 0.427. The van der Waals surface area contributed by atoms with Gasteiger partial charge < -0.3 is 15.4 Å². The van der Waals surface area contributed by atoms with E-state index in [0.29, 0.717) is 18.4 Å². The van der Waals surface area contributed by atoms with E-state index < -0.39 is 0 Å². The van der Waals surface area contributed by atoms with Gasteiger partial charge in [0, 0.05) is 32.7 Å². The van der Waals surface area contributed by atoms with E-state index in [1.165, 1.54) is 25.7 Å². The zero-order chi connectivity index (χ0) is 15.1. The van der Waals surface area contributed by atoms with Crippen LogP contribution in [0.25, 0.3) is 0 Å². The van der Waals surface area contributed by atoms with Crippen molar-refractivity contribution in [1.29, 1.82) is 0 Å². The Hall–Kier alpha value is -0.0800. The second-order valence-corrected chi connectivity index (χ2v) is 6.75. The number of nitrogens with zero attached hydrogens (tertiary/aromatic N) is 3. The maximum absolute atomic E-state index is 6.16. The van der Waals surface area contributed by atoms with E-state index in [9.17, 15) is 0 Å². The molecule has 0 amide bonds. The second kappa shape index (κ2) is 10.6. The van der Waals surface area contributed by atoms with Crippen molar-refractivity contribution in [3.63, 3.8) is 0 Å². The van der Waals surface area contributed by atoms with E-state index in [1.54, 1.807) is 0 Å². The molecule has 0 aromatic carbocycles. The van der Waals surface area contributed by atoms with Crippen molar-refractivity contribution in [3.05, 3.63) is 0 Å². The molecule has 22 heavy (non-hydrogen) atoms. The van der Waals surface area contributed by atoms with Crippen LogP contribution in [0.3, 0.4) is 0 Å². The number of rotatable bonds is 4. The highest BCUT2D eigenvalue weighted by atomic mass is 127. The number of aliphatic imine (C=N–C) groups is 1. The van der Waals surface area contributed by atoms with E-state index in [2.05, 4.69) is 28.6 Å². The number of nitrogens with two attached hydrogens (primary N) is 1. The third-order valence-corrected chi connectivity index (χ3v) is 4.23. The molecule has 0 saturated carbocycles. The first-order chi connectivity index (χ1) is 10.1. The molecule has 2 rings (SSSR count). The monoisotopic (exact) mass is 424 g/mol. The minimum atomic E-state index is 0. The van der Waals surface area contributed by atoms with E-state index in [-0.39, 0.29) is 30.1 Å². The molecule has 0 radical (unpaired) electrons. The largest absolute Gasteiger partial charge is 0.374 e. The zero-order valence-corrected chi connectivity index (χ0v) is 16.5. The van der Waals surface area contributed by atoms with Gasteiger partial charge in [-0.2, -0.15) is 0 Å². The molecule has 2 heterocycles. The predicted octanol–water partition coefficient (Wildman–Crippen LogP) is 2.15. The molecule has 6 heteroatoms. The molecule has 0 aromatic heterocycles. The van der Waals surface area contributed by atoms with E-state index in [1.807, 2.05) is 0 Å². The van der Waals surface area contributed by atoms with Crippen molar-refractivity contribution in [1.82, 2.24) is 9.80 Å². The molecule has 1 unspecified atom stereocenters. The van der Waals surface area contributed by atoms with Crippen LogP contribution in [0.2, 0.25) is 0 Å². The van der Waals surface area contributed by atoms with Gasteiger partial charge in [-0.1, -0.05) is 26.7 Å². The Bertz CT molecular complexity index is 330. The highest BCUT2D eigenvalue weighted by Crippen LogP contribution is 2.11. The van der Waals surface area contributed by atoms with Gasteiger partial charge in [0.05, 0.1) is 19.3 Å². The van der Waals surface area contributed by atoms with Crippen LogP contribution in [0.5, 0.6) is 0 Å². The summed E-state index contributed by atoms with van der Waals surface area (Å²) >= 11 is 0. The topological polar surface area (TPSA) is 54.1 Å². The number of morpholine rings is 1. The Morgan fingerprint density at radius 3 is 2.50 bits per heavy atom. The Labute approximate surface area is 152 Å². The summed E-state index contributed by atoms with van der Waals surface area (Å²) in [6.07, 6.45) is 5.30. The highest BCUT2D eigenvalue weighted by molar-refractivity contribution is 14.0. The lowest BCUT2D eigenvalue weighted by molar-refractivity contribution is -0.0262. The standard InChI is InChI=1S/C16H32N4O.HI/c1-14(2)12-19-9-10-21-15(13-19)11-18-16(17)20-7-5-3-4-6-8-20;/h14-15H,3-13H2,1-2H3,(H2,17,18);1H. The molecule has 2 N–H and O–H groups in total. The molecule has 130 valence electrons. The fourth-order valence-electron chi connectivity index (χ4n) is 3.17. The van der Waals surface area contributed by atoms with Crippen LogP contribution in [0.15, 0.2) is 4.99 Å². The molecule has 0 spiro atoms. The minimum absolute atomic E-state index is 0. The van der Waals surface area contributed by atoms with Gasteiger partial charge in [0.2, 0.25) is 0 Å². The fourth-order valence-corrected chi connectivity index (χ4v) is 3.17. The Morgan fingerprint density at radius 1 is 1.18 bits per heavy atom. The van der Waals surface area contributed by atoms with E-state index in [4.69, 9.17) is 10.5 Å². The number of hydrogen-bond acceptors (Lipinski definition) is 3. The van der Waals surface area contributed by atoms with Gasteiger partial charge in [-0.25, -0.2) is 0 Å². The Balaban J connectivity index is 0.00000242. The molecule has 2 fully saturated rings. The number of guanidine groups is 1. The van der Waals surface area contributed by atoms with Gasteiger partial charge in [-0.15, -0.1) is 24.0 Å². The first-order valence-corrected chi connectivity index (χ1v) is 8.54. The van der Waals surface area contributed by atoms with Crippen molar-refractivity contribution in [3.8, 4) is 0 Å². The number of ether oxygens (including phenoxy) is 1. The molecule has 1 atom stereocenters. The molecule has 2 saturated heterocycles. The summed E-state index contributed by atoms with van der Waals surface area (Å²) in [4.78, 5) is 9.32. The second-order valence-electron chi connectivity index (χ2n) is 6.75. The maximum atomic E-state index is 6.16. The molecule has 2 aliphatic heterocycles. The smallest absolute Gasteiger partial charge is 0.191 e. The summed E-state index contributed by atoms with van der Waals surface area (Å²) in [7, 11) is 0. The maximum Gasteiger partial charge on any atom is 0.191 e. The summed E-state index contributed by atoms with van der Waals surface area (Å²) < 4.78 is 5.83. The molecule has 2 aliphatic rings. The van der Waals surface area contributed by atoms with Crippen molar-refractivity contribution in [2.45, 2.75) is 45.6 Å². The molecular formula is C16H33IN4O. The third-order valence-electron chi connectivity index (χ3n) is 4.23. The van der Waals surface area contributed by atoms with Gasteiger partial charge in [0.25, 0.3) is 0 Å². The number of likely N-dealkylation sites (tertiary alicyclic amines) is 1. The van der Waals surface area contributed by atoms with Crippen LogP contribution in [0, 0.1) is 5.92 Å². The SMILES string of the molecule is CC(C)CN1CCOC(CN=C(N)N2CCCCCC2)C1.I. The van der Waals surface area contributed by atoms with Crippen LogP contribution in [-0.4, -0.2) is 67.7 Å². The lowest BCUT2D eigenvalue weighted by atomic mass is 10.2. The summed E-state index contributed by atoms with van der Waals surface area (Å²) in [6, 6.07) is 0. The summed E-state index contributed by atoms with van der Waals surface area (Å²) in [6.45, 7) is 11.3. The summed E-state index contributed by atoms with van der Waals surface area (Å²) in [5.74, 6) is 1.41. The number of hydrogen-bond donors (Lipinski definition) is 1. The predicted molar refractivity (Wildman–Crippen MR) is 103 cm³/mol. The zero-order valence-electron chi connectivity index (χ0n) is 14.2. The molecule has 0 aliphatic carbocycles. The van der Waals surface area contributed by atoms with E-state index in [0.717, 1.165) is 39.3 Å². The molecule has 0 aromatic rings. The van der Waals surface area contributed by atoms with Crippen LogP contribution in [0.1, 0.15) is 39.5 Å². The van der Waals surface area contributed by atoms with Crippen molar-refractivity contribution in [2.24, 2.45) is 16.6 Å². The third kappa shape index (κ3) is 7.00. The first kappa shape index (κ1) is 20.0. The normalized spacial score (nSPS) is 25.0. The number of halogens is 1. The average Bonchev–Trinajstić information content (AvgIpc) is 2.73. The van der Waals surface area contributed by atoms with Gasteiger partial charge in [-0.05, 0) is 18.8 Å². The molecule has 5 nitrogen and oxygen atoms in total. The van der Waals surface area contributed by atoms with Crippen LogP contribution in [0.4, 0.5) is 0 Å². The van der Waals surface area contributed by atoms with Crippen LogP contribution >= 0.6 is 24.0 Å². The molecular weight excluding hydrogens is 391 g/mol. The van der Waals surface area contributed by atoms with Crippen molar-refractivity contribution >= 4 is 29.9 Å². The lowest BCUT2D eigenvalue weighted by Gasteiger charge is -2.33. The minimum Gasteiger partial charge on any atom is -0.374 e. The van der Waals surface area contributed by atoms with Gasteiger partial charge in [0.15, 0.2) is 5.96 Å². The van der Waals surface area contributed by atoms with Gasteiger partial charge in [-0.3, -0.25) is 9.89 Å². The van der Waals surface area contributed by atoms with Crippen molar-refractivity contribution in [2.75, 3.05) is 45.9 Å². The Kier molecular flexibility index (Phi) is 9.66. The van der Waals surface area contributed by atoms with E-state index >= 15 is 0 Å². The first-order valence-electron chi connectivity index (χ1n) is 8.54. The highest BCUT2D eigenvalue weighted by Gasteiger charge is 2.21. The Morgan fingerprint density at radius 2 is 1.86 bits per heavy atom. The summed E-state index contributed by atoms with van der Waals surface area (Å²) in [5.41, 5.74) is 6.16. The molecule has 0 bridgehead atoms. The van der Waals surface area contributed by atoms with Gasteiger partial charge in [0.1, 0.15) is 0 Å². The lowest BCUT2D eigenvalue weighted by Crippen LogP contribution is -2.46. The van der Waals surface area contributed by atoms with Crippen molar-refractivity contribution < 1.29 is 4.74 Å². The summed E-state index contributed by atoms with van der Waals surface area (Å²) in [5, 5.41) is 0. The van der Waals surface area contributed by atoms with Crippen LogP contribution in [-0.2, 0) is 4.74 Å². The van der Waals surface area contributed by atoms with Crippen LogP contribution < -0.4 is 5.73 Å². The fraction of sp³-hybridized carbons (Fsp3) is 0.938. The van der Waals surface area contributed by atoms with Gasteiger partial charge >= 0.3 is 0 Å². The average molecular weight is 424 g/mol.